The first-order valence-corrected chi connectivity index (χ1v) is 10.0. The van der Waals surface area contributed by atoms with Gasteiger partial charge < -0.3 is 15.4 Å². The van der Waals surface area contributed by atoms with E-state index >= 15 is 0 Å². The van der Waals surface area contributed by atoms with Crippen LogP contribution in [0.2, 0.25) is 0 Å². The molecule has 1 aromatic heterocycles. The first-order chi connectivity index (χ1) is 14.6. The largest absolute Gasteiger partial charge is 0.423 e. The monoisotopic (exact) mass is 423 g/mol. The summed E-state index contributed by atoms with van der Waals surface area (Å²) in [4.78, 5) is 36.4. The van der Waals surface area contributed by atoms with Crippen LogP contribution < -0.4 is 20.7 Å². The third-order valence-electron chi connectivity index (χ3n) is 4.18. The van der Waals surface area contributed by atoms with Crippen LogP contribution in [-0.2, 0) is 0 Å². The Morgan fingerprint density at radius 2 is 1.80 bits per heavy atom. The average Bonchev–Trinajstić information content (AvgIpc) is 3.40. The summed E-state index contributed by atoms with van der Waals surface area (Å²) in [5, 5.41) is 15.9. The number of ether oxygens (including phenoxy) is 1. The highest BCUT2D eigenvalue weighted by molar-refractivity contribution is 7.13. The Hall–Kier alpha value is -3.79. The molecule has 1 heterocycles. The molecule has 10 heteroatoms. The van der Waals surface area contributed by atoms with E-state index < -0.39 is 5.97 Å². The van der Waals surface area contributed by atoms with Crippen molar-refractivity contribution in [3.05, 3.63) is 65.2 Å². The molecule has 2 aromatic carbocycles. The number of aromatic nitrogens is 2. The molecule has 0 bridgehead atoms. The second kappa shape index (κ2) is 8.70. The lowest BCUT2D eigenvalue weighted by Gasteiger charge is -2.09. The molecule has 1 aliphatic carbocycles. The molecule has 1 aliphatic rings. The number of hydrogen-bond donors (Lipinski definition) is 3. The van der Waals surface area contributed by atoms with Crippen LogP contribution in [0.15, 0.2) is 54.0 Å². The van der Waals surface area contributed by atoms with Gasteiger partial charge >= 0.3 is 12.0 Å². The number of carbonyl (C=O) groups excluding carboxylic acids is 3. The standard InChI is InChI=1S/C20H17N5O4S/c26-17(24-20-25-21-11-30-20)12-4-8-16(9-5-12)29-18(27)13-2-1-3-15(10-13)23-19(28)22-14-6-7-14/h1-5,8-11,14H,6-7H2,(H2,22,23,28)(H,24,25,26). The lowest BCUT2D eigenvalue weighted by molar-refractivity contribution is 0.0734. The van der Waals surface area contributed by atoms with Crippen molar-refractivity contribution >= 4 is 40.1 Å². The SMILES string of the molecule is O=C(Nc1cccc(C(=O)Oc2ccc(C(=O)Nc3nncs3)cc2)c1)NC1CC1. The number of esters is 1. The van der Waals surface area contributed by atoms with Crippen LogP contribution in [0.5, 0.6) is 5.75 Å². The fraction of sp³-hybridized carbons (Fsp3) is 0.150. The molecule has 1 saturated carbocycles. The lowest BCUT2D eigenvalue weighted by Crippen LogP contribution is -2.30. The Kier molecular flexibility index (Phi) is 5.66. The summed E-state index contributed by atoms with van der Waals surface area (Å²) in [7, 11) is 0. The van der Waals surface area contributed by atoms with E-state index in [4.69, 9.17) is 4.74 Å². The van der Waals surface area contributed by atoms with Crippen LogP contribution in [0.25, 0.3) is 0 Å². The zero-order valence-electron chi connectivity index (χ0n) is 15.6. The molecule has 9 nitrogen and oxygen atoms in total. The van der Waals surface area contributed by atoms with Crippen LogP contribution in [0.4, 0.5) is 15.6 Å². The third kappa shape index (κ3) is 5.17. The molecular formula is C20H17N5O4S. The number of hydrogen-bond acceptors (Lipinski definition) is 7. The van der Waals surface area contributed by atoms with Gasteiger partial charge in [-0.3, -0.25) is 10.1 Å². The zero-order valence-corrected chi connectivity index (χ0v) is 16.4. The predicted octanol–water partition coefficient (Wildman–Crippen LogP) is 3.29. The van der Waals surface area contributed by atoms with Gasteiger partial charge in [-0.1, -0.05) is 17.4 Å². The molecule has 30 heavy (non-hydrogen) atoms. The van der Waals surface area contributed by atoms with Gasteiger partial charge in [0.1, 0.15) is 11.3 Å². The molecule has 0 aliphatic heterocycles. The van der Waals surface area contributed by atoms with E-state index in [0.29, 0.717) is 16.4 Å². The van der Waals surface area contributed by atoms with Gasteiger partial charge in [-0.05, 0) is 55.3 Å². The number of anilines is 2. The summed E-state index contributed by atoms with van der Waals surface area (Å²) in [6.45, 7) is 0. The van der Waals surface area contributed by atoms with Gasteiger partial charge in [0, 0.05) is 17.3 Å². The van der Waals surface area contributed by atoms with Crippen LogP contribution in [0.3, 0.4) is 0 Å². The minimum absolute atomic E-state index is 0.237. The Bertz CT molecular complexity index is 1070. The first kappa shape index (κ1) is 19.5. The highest BCUT2D eigenvalue weighted by Gasteiger charge is 2.23. The predicted molar refractivity (Wildman–Crippen MR) is 111 cm³/mol. The molecule has 3 N–H and O–H groups in total. The molecule has 4 rings (SSSR count). The fourth-order valence-corrected chi connectivity index (χ4v) is 2.98. The van der Waals surface area contributed by atoms with Crippen molar-refractivity contribution < 1.29 is 19.1 Å². The van der Waals surface area contributed by atoms with Crippen LogP contribution in [-0.4, -0.2) is 34.1 Å². The first-order valence-electron chi connectivity index (χ1n) is 9.14. The number of urea groups is 1. The maximum Gasteiger partial charge on any atom is 0.343 e. The van der Waals surface area contributed by atoms with Crippen molar-refractivity contribution in [2.24, 2.45) is 0 Å². The molecule has 0 unspecified atom stereocenters. The number of nitrogens with zero attached hydrogens (tertiary/aromatic N) is 2. The van der Waals surface area contributed by atoms with E-state index in [-0.39, 0.29) is 29.3 Å². The minimum atomic E-state index is -0.577. The van der Waals surface area contributed by atoms with Crippen LogP contribution in [0, 0.1) is 0 Å². The number of nitrogens with one attached hydrogen (secondary N) is 3. The maximum absolute atomic E-state index is 12.4. The molecule has 152 valence electrons. The van der Waals surface area contributed by atoms with Gasteiger partial charge in [0.15, 0.2) is 0 Å². The summed E-state index contributed by atoms with van der Waals surface area (Å²) >= 11 is 1.21. The van der Waals surface area contributed by atoms with Crippen molar-refractivity contribution in [1.29, 1.82) is 0 Å². The zero-order chi connectivity index (χ0) is 20.9. The third-order valence-corrected chi connectivity index (χ3v) is 4.78. The van der Waals surface area contributed by atoms with E-state index in [9.17, 15) is 14.4 Å². The van der Waals surface area contributed by atoms with E-state index in [1.807, 2.05) is 0 Å². The highest BCUT2D eigenvalue weighted by atomic mass is 32.1. The maximum atomic E-state index is 12.4. The van der Waals surface area contributed by atoms with Gasteiger partial charge in [-0.2, -0.15) is 0 Å². The van der Waals surface area contributed by atoms with Gasteiger partial charge in [0.25, 0.3) is 5.91 Å². The van der Waals surface area contributed by atoms with Gasteiger partial charge in [-0.15, -0.1) is 10.2 Å². The molecule has 0 saturated heterocycles. The Morgan fingerprint density at radius 3 is 2.50 bits per heavy atom. The van der Waals surface area contributed by atoms with E-state index in [2.05, 4.69) is 26.1 Å². The molecule has 3 amide bonds. The molecule has 3 aromatic rings. The van der Waals surface area contributed by atoms with Crippen LogP contribution in [0.1, 0.15) is 33.6 Å². The normalized spacial score (nSPS) is 12.7. The lowest BCUT2D eigenvalue weighted by atomic mass is 10.2. The van der Waals surface area contributed by atoms with E-state index in [1.165, 1.54) is 29.0 Å². The Morgan fingerprint density at radius 1 is 1.00 bits per heavy atom. The summed E-state index contributed by atoms with van der Waals surface area (Å²) in [5.41, 5.74) is 2.68. The second-order valence-corrected chi connectivity index (χ2v) is 7.40. The van der Waals surface area contributed by atoms with Gasteiger partial charge in [0.2, 0.25) is 5.13 Å². The summed E-state index contributed by atoms with van der Waals surface area (Å²) < 4.78 is 5.36. The van der Waals surface area contributed by atoms with Crippen molar-refractivity contribution in [3.8, 4) is 5.75 Å². The molecular weight excluding hydrogens is 406 g/mol. The van der Waals surface area contributed by atoms with Crippen molar-refractivity contribution in [3.63, 3.8) is 0 Å². The smallest absolute Gasteiger partial charge is 0.343 e. The summed E-state index contributed by atoms with van der Waals surface area (Å²) in [5.74, 6) is -0.627. The minimum Gasteiger partial charge on any atom is -0.423 e. The Balaban J connectivity index is 1.35. The summed E-state index contributed by atoms with van der Waals surface area (Å²) in [6, 6.07) is 12.6. The molecule has 0 radical (unpaired) electrons. The van der Waals surface area contributed by atoms with Crippen molar-refractivity contribution in [2.45, 2.75) is 18.9 Å². The molecule has 0 atom stereocenters. The summed E-state index contributed by atoms with van der Waals surface area (Å²) in [6.07, 6.45) is 1.98. The molecule has 0 spiro atoms. The molecule has 1 fully saturated rings. The van der Waals surface area contributed by atoms with E-state index in [0.717, 1.165) is 12.8 Å². The van der Waals surface area contributed by atoms with Crippen molar-refractivity contribution in [2.75, 3.05) is 10.6 Å². The fourth-order valence-electron chi connectivity index (χ4n) is 2.54. The number of amides is 3. The van der Waals surface area contributed by atoms with Gasteiger partial charge in [0.05, 0.1) is 5.56 Å². The number of benzene rings is 2. The Labute approximate surface area is 175 Å². The van der Waals surface area contributed by atoms with Crippen molar-refractivity contribution in [1.82, 2.24) is 15.5 Å². The second-order valence-electron chi connectivity index (χ2n) is 6.57. The van der Waals surface area contributed by atoms with Crippen LogP contribution >= 0.6 is 11.3 Å². The van der Waals surface area contributed by atoms with Gasteiger partial charge in [-0.25, -0.2) is 9.59 Å². The average molecular weight is 423 g/mol. The topological polar surface area (TPSA) is 122 Å². The van der Waals surface area contributed by atoms with E-state index in [1.54, 1.807) is 36.4 Å². The number of carbonyl (C=O) groups is 3. The number of rotatable bonds is 6. The highest BCUT2D eigenvalue weighted by Crippen LogP contribution is 2.20. The quantitative estimate of drug-likeness (QED) is 0.413.